The van der Waals surface area contributed by atoms with Crippen LogP contribution in [0.4, 0.5) is 4.39 Å². The number of nitrogens with zero attached hydrogens (tertiary/aromatic N) is 3. The first-order chi connectivity index (χ1) is 13.0. The molecule has 0 saturated carbocycles. The standard InChI is InChI=1S/C21H20FN3OS/c1-13(19(26)17-7-6-14-4-3-5-16(14)12-17)27-21-24-23-20(25(21)2)15-8-10-18(22)11-9-15/h6-13H,3-5H2,1-2H3/t13-/m0/s1. The van der Waals surface area contributed by atoms with E-state index in [-0.39, 0.29) is 16.9 Å². The normalized spacial score (nSPS) is 14.2. The molecule has 1 aliphatic carbocycles. The lowest BCUT2D eigenvalue weighted by molar-refractivity contribution is 0.0993. The van der Waals surface area contributed by atoms with Crippen molar-refractivity contribution in [1.29, 1.82) is 0 Å². The first kappa shape index (κ1) is 17.9. The number of thioether (sulfide) groups is 1. The third kappa shape index (κ3) is 3.54. The molecule has 4 nitrogen and oxygen atoms in total. The van der Waals surface area contributed by atoms with Crippen molar-refractivity contribution in [3.05, 3.63) is 65.0 Å². The number of aromatic nitrogens is 3. The van der Waals surface area contributed by atoms with E-state index >= 15 is 0 Å². The largest absolute Gasteiger partial charge is 0.305 e. The van der Waals surface area contributed by atoms with Crippen LogP contribution in [0.3, 0.4) is 0 Å². The molecule has 0 spiro atoms. The number of ketones is 1. The highest BCUT2D eigenvalue weighted by molar-refractivity contribution is 8.00. The summed E-state index contributed by atoms with van der Waals surface area (Å²) in [5.41, 5.74) is 4.21. The summed E-state index contributed by atoms with van der Waals surface area (Å²) in [5, 5.41) is 8.82. The highest BCUT2D eigenvalue weighted by Gasteiger charge is 2.22. The van der Waals surface area contributed by atoms with Gasteiger partial charge in [-0.25, -0.2) is 4.39 Å². The Balaban J connectivity index is 1.52. The molecule has 138 valence electrons. The second-order valence-corrected chi connectivity index (χ2v) is 8.14. The molecule has 4 rings (SSSR count). The van der Waals surface area contributed by atoms with Crippen molar-refractivity contribution in [1.82, 2.24) is 14.8 Å². The van der Waals surface area contributed by atoms with Crippen molar-refractivity contribution >= 4 is 17.5 Å². The number of aryl methyl sites for hydroxylation is 2. The Morgan fingerprint density at radius 3 is 2.63 bits per heavy atom. The van der Waals surface area contributed by atoms with E-state index in [1.165, 1.54) is 41.4 Å². The summed E-state index contributed by atoms with van der Waals surface area (Å²) < 4.78 is 15.0. The monoisotopic (exact) mass is 381 g/mol. The van der Waals surface area contributed by atoms with Crippen LogP contribution in [0.5, 0.6) is 0 Å². The lowest BCUT2D eigenvalue weighted by Crippen LogP contribution is -2.14. The minimum absolute atomic E-state index is 0.0982. The van der Waals surface area contributed by atoms with Gasteiger partial charge in [0.2, 0.25) is 0 Å². The lowest BCUT2D eigenvalue weighted by Gasteiger charge is -2.11. The van der Waals surface area contributed by atoms with E-state index < -0.39 is 0 Å². The zero-order valence-electron chi connectivity index (χ0n) is 15.3. The zero-order valence-corrected chi connectivity index (χ0v) is 16.1. The highest BCUT2D eigenvalue weighted by Crippen LogP contribution is 2.29. The summed E-state index contributed by atoms with van der Waals surface area (Å²) >= 11 is 1.39. The molecule has 0 fully saturated rings. The van der Waals surface area contributed by atoms with Crippen molar-refractivity contribution in [2.75, 3.05) is 0 Å². The minimum Gasteiger partial charge on any atom is -0.305 e. The van der Waals surface area contributed by atoms with Crippen LogP contribution in [-0.4, -0.2) is 25.8 Å². The predicted octanol–water partition coefficient (Wildman–Crippen LogP) is 4.47. The van der Waals surface area contributed by atoms with Crippen LogP contribution in [0, 0.1) is 5.82 Å². The molecule has 27 heavy (non-hydrogen) atoms. The predicted molar refractivity (Wildman–Crippen MR) is 105 cm³/mol. The summed E-state index contributed by atoms with van der Waals surface area (Å²) in [4.78, 5) is 12.9. The topological polar surface area (TPSA) is 47.8 Å². The number of hydrogen-bond acceptors (Lipinski definition) is 4. The van der Waals surface area contributed by atoms with Gasteiger partial charge in [0.1, 0.15) is 5.82 Å². The number of Topliss-reactive ketones (excluding diaryl/α,β-unsaturated/α-hetero) is 1. The van der Waals surface area contributed by atoms with Crippen LogP contribution in [-0.2, 0) is 19.9 Å². The number of halogens is 1. The minimum atomic E-state index is -0.288. The SMILES string of the molecule is C[C@H](Sc1nnc(-c2ccc(F)cc2)n1C)C(=O)c1ccc2c(c1)CCC2. The van der Waals surface area contributed by atoms with E-state index in [4.69, 9.17) is 0 Å². The Morgan fingerprint density at radius 1 is 1.11 bits per heavy atom. The van der Waals surface area contributed by atoms with E-state index in [1.807, 2.05) is 30.7 Å². The summed E-state index contributed by atoms with van der Waals surface area (Å²) in [6.45, 7) is 1.90. The Labute approximate surface area is 161 Å². The van der Waals surface area contributed by atoms with Crippen LogP contribution in [0.25, 0.3) is 11.4 Å². The van der Waals surface area contributed by atoms with Gasteiger partial charge in [0.25, 0.3) is 0 Å². The van der Waals surface area contributed by atoms with Crippen LogP contribution in [0.15, 0.2) is 47.6 Å². The van der Waals surface area contributed by atoms with Crippen molar-refractivity contribution in [2.24, 2.45) is 7.05 Å². The number of benzene rings is 2. The van der Waals surface area contributed by atoms with E-state index in [9.17, 15) is 9.18 Å². The molecule has 0 bridgehead atoms. The quantitative estimate of drug-likeness (QED) is 0.483. The summed E-state index contributed by atoms with van der Waals surface area (Å²) in [5.74, 6) is 0.458. The average Bonchev–Trinajstić information content (AvgIpc) is 3.28. The van der Waals surface area contributed by atoms with Crippen LogP contribution < -0.4 is 0 Å². The third-order valence-corrected chi connectivity index (χ3v) is 6.11. The van der Waals surface area contributed by atoms with Gasteiger partial charge in [-0.1, -0.05) is 23.9 Å². The Morgan fingerprint density at radius 2 is 1.85 bits per heavy atom. The van der Waals surface area contributed by atoms with E-state index in [1.54, 1.807) is 12.1 Å². The Bertz CT molecular complexity index is 997. The molecule has 1 aromatic heterocycles. The van der Waals surface area contributed by atoms with Crippen LogP contribution in [0.2, 0.25) is 0 Å². The molecule has 2 aromatic carbocycles. The van der Waals surface area contributed by atoms with Gasteiger partial charge in [-0.2, -0.15) is 0 Å². The Kier molecular flexibility index (Phi) is 4.83. The molecular formula is C21H20FN3OS. The molecule has 1 heterocycles. The lowest BCUT2D eigenvalue weighted by atomic mass is 10.0. The molecule has 1 atom stereocenters. The van der Waals surface area contributed by atoms with Gasteiger partial charge in [0.15, 0.2) is 16.8 Å². The van der Waals surface area contributed by atoms with Gasteiger partial charge in [0, 0.05) is 18.2 Å². The van der Waals surface area contributed by atoms with Crippen molar-refractivity contribution < 1.29 is 9.18 Å². The number of hydrogen-bond donors (Lipinski definition) is 0. The first-order valence-electron chi connectivity index (χ1n) is 9.01. The second kappa shape index (κ2) is 7.27. The molecule has 3 aromatic rings. The molecule has 0 radical (unpaired) electrons. The summed E-state index contributed by atoms with van der Waals surface area (Å²) in [7, 11) is 1.85. The van der Waals surface area contributed by atoms with Gasteiger partial charge in [-0.3, -0.25) is 4.79 Å². The molecule has 0 N–H and O–H groups in total. The fourth-order valence-electron chi connectivity index (χ4n) is 3.44. The maximum atomic E-state index is 13.1. The van der Waals surface area contributed by atoms with Gasteiger partial charge in [-0.05, 0) is 67.6 Å². The van der Waals surface area contributed by atoms with Gasteiger partial charge in [0.05, 0.1) is 5.25 Å². The average molecular weight is 381 g/mol. The fourth-order valence-corrected chi connectivity index (χ4v) is 4.33. The van der Waals surface area contributed by atoms with E-state index in [2.05, 4.69) is 16.3 Å². The second-order valence-electron chi connectivity index (χ2n) is 6.83. The van der Waals surface area contributed by atoms with E-state index in [0.717, 1.165) is 24.0 Å². The molecule has 0 unspecified atom stereocenters. The fraction of sp³-hybridized carbons (Fsp3) is 0.286. The zero-order chi connectivity index (χ0) is 19.0. The summed E-state index contributed by atoms with van der Waals surface area (Å²) in [6.07, 6.45) is 3.34. The van der Waals surface area contributed by atoms with Crippen LogP contribution >= 0.6 is 11.8 Å². The summed E-state index contributed by atoms with van der Waals surface area (Å²) in [6, 6.07) is 12.2. The number of rotatable bonds is 5. The smallest absolute Gasteiger partial charge is 0.191 e. The van der Waals surface area contributed by atoms with E-state index in [0.29, 0.717) is 11.0 Å². The first-order valence-corrected chi connectivity index (χ1v) is 9.89. The molecule has 1 aliphatic rings. The maximum absolute atomic E-state index is 13.1. The Hall–Kier alpha value is -2.47. The van der Waals surface area contributed by atoms with Crippen LogP contribution in [0.1, 0.15) is 34.8 Å². The van der Waals surface area contributed by atoms with Crippen molar-refractivity contribution in [2.45, 2.75) is 36.6 Å². The van der Waals surface area contributed by atoms with Crippen molar-refractivity contribution in [3.63, 3.8) is 0 Å². The molecule has 0 amide bonds. The molecular weight excluding hydrogens is 361 g/mol. The highest BCUT2D eigenvalue weighted by atomic mass is 32.2. The number of fused-ring (bicyclic) bond motifs is 1. The number of carbonyl (C=O) groups is 1. The molecule has 0 aliphatic heterocycles. The third-order valence-electron chi connectivity index (χ3n) is 4.97. The van der Waals surface area contributed by atoms with Gasteiger partial charge < -0.3 is 4.57 Å². The molecule has 0 saturated heterocycles. The van der Waals surface area contributed by atoms with Crippen molar-refractivity contribution in [3.8, 4) is 11.4 Å². The molecule has 6 heteroatoms. The van der Waals surface area contributed by atoms with Gasteiger partial charge >= 0.3 is 0 Å². The number of carbonyl (C=O) groups excluding carboxylic acids is 1. The van der Waals surface area contributed by atoms with Gasteiger partial charge in [-0.15, -0.1) is 10.2 Å². The maximum Gasteiger partial charge on any atom is 0.191 e.